The van der Waals surface area contributed by atoms with Crippen LogP contribution in [0.5, 0.6) is 0 Å². The molecule has 1 N–H and O–H groups in total. The molecule has 0 unspecified atom stereocenters. The zero-order valence-corrected chi connectivity index (χ0v) is 15.6. The summed E-state index contributed by atoms with van der Waals surface area (Å²) in [5, 5.41) is 11.8. The van der Waals surface area contributed by atoms with Crippen molar-refractivity contribution in [2.45, 2.75) is 19.8 Å². The summed E-state index contributed by atoms with van der Waals surface area (Å²) in [6, 6.07) is 4.49. The third-order valence-electron chi connectivity index (χ3n) is 4.22. The normalized spacial score (nSPS) is 13.9. The topological polar surface area (TPSA) is 90.8 Å². The Morgan fingerprint density at radius 3 is 2.81 bits per heavy atom. The fraction of sp³-hybridized carbons (Fsp3) is 0.263. The zero-order chi connectivity index (χ0) is 19.4. The summed E-state index contributed by atoms with van der Waals surface area (Å²) in [5.41, 5.74) is 1.06. The number of hydrogen-bond donors (Lipinski definition) is 1. The van der Waals surface area contributed by atoms with E-state index in [0.29, 0.717) is 22.9 Å². The molecule has 1 aliphatic heterocycles. The first kappa shape index (κ1) is 18.8. The van der Waals surface area contributed by atoms with Crippen LogP contribution in [-0.2, 0) is 9.59 Å². The van der Waals surface area contributed by atoms with E-state index in [-0.39, 0.29) is 18.0 Å². The molecule has 0 saturated carbocycles. The highest BCUT2D eigenvalue weighted by Crippen LogP contribution is 2.35. The molecule has 0 saturated heterocycles. The monoisotopic (exact) mass is 385 g/mol. The smallest absolute Gasteiger partial charge is 0.335 e. The number of carboxylic acids is 1. The molecule has 1 aliphatic rings. The summed E-state index contributed by atoms with van der Waals surface area (Å²) < 4.78 is 0. The summed E-state index contributed by atoms with van der Waals surface area (Å²) >= 11 is 1.39. The average Bonchev–Trinajstić information content (AvgIpc) is 3.18. The Labute approximate surface area is 160 Å². The second-order valence-corrected chi connectivity index (χ2v) is 6.96. The van der Waals surface area contributed by atoms with Gasteiger partial charge in [0.15, 0.2) is 0 Å². The first-order valence-corrected chi connectivity index (χ1v) is 9.46. The molecule has 8 heteroatoms. The molecule has 2 heterocycles. The number of nitrogens with zero attached hydrogens (tertiary/aromatic N) is 3. The second-order valence-electron chi connectivity index (χ2n) is 6.04. The van der Waals surface area contributed by atoms with E-state index < -0.39 is 11.9 Å². The lowest BCUT2D eigenvalue weighted by Gasteiger charge is -2.36. The largest absolute Gasteiger partial charge is 0.478 e. The first-order chi connectivity index (χ1) is 13.0. The minimum Gasteiger partial charge on any atom is -0.478 e. The predicted molar refractivity (Wildman–Crippen MR) is 104 cm³/mol. The third kappa shape index (κ3) is 4.06. The number of rotatable bonds is 6. The van der Waals surface area contributed by atoms with E-state index in [0.717, 1.165) is 12.8 Å². The Balaban J connectivity index is 1.97. The number of thiazole rings is 1. The van der Waals surface area contributed by atoms with Gasteiger partial charge in [0.2, 0.25) is 5.91 Å². The van der Waals surface area contributed by atoms with Gasteiger partial charge >= 0.3 is 5.97 Å². The standard InChI is InChI=1S/C19H19N3O4S/c1-2-3-9-21-14-5-4-13(19(25)26)11-15(14)22(12-18(21)24)17(23)7-6-16-20-8-10-27-16/h4-8,10-11H,2-3,9,12H2,1H3,(H,25,26)/b7-6+. The highest BCUT2D eigenvalue weighted by atomic mass is 32.1. The molecule has 1 aromatic heterocycles. The molecular weight excluding hydrogens is 366 g/mol. The van der Waals surface area contributed by atoms with E-state index in [2.05, 4.69) is 4.98 Å². The van der Waals surface area contributed by atoms with Gasteiger partial charge in [-0.2, -0.15) is 0 Å². The van der Waals surface area contributed by atoms with Crippen LogP contribution in [-0.4, -0.2) is 41.0 Å². The Morgan fingerprint density at radius 2 is 2.15 bits per heavy atom. The van der Waals surface area contributed by atoms with Gasteiger partial charge in [-0.1, -0.05) is 13.3 Å². The Bertz CT molecular complexity index is 892. The second kappa shape index (κ2) is 8.13. The molecule has 2 aromatic rings. The quantitative estimate of drug-likeness (QED) is 0.772. The summed E-state index contributed by atoms with van der Waals surface area (Å²) in [7, 11) is 0. The van der Waals surface area contributed by atoms with E-state index in [1.165, 1.54) is 34.4 Å². The number of unbranched alkanes of at least 4 members (excludes halogenated alkanes) is 1. The zero-order valence-electron chi connectivity index (χ0n) is 14.8. The first-order valence-electron chi connectivity index (χ1n) is 8.58. The van der Waals surface area contributed by atoms with Crippen molar-refractivity contribution in [3.8, 4) is 0 Å². The number of anilines is 2. The van der Waals surface area contributed by atoms with Crippen molar-refractivity contribution < 1.29 is 19.5 Å². The van der Waals surface area contributed by atoms with Crippen LogP contribution in [0.4, 0.5) is 11.4 Å². The molecule has 0 aliphatic carbocycles. The van der Waals surface area contributed by atoms with E-state index >= 15 is 0 Å². The van der Waals surface area contributed by atoms with Crippen molar-refractivity contribution >= 4 is 46.6 Å². The van der Waals surface area contributed by atoms with E-state index in [1.807, 2.05) is 6.92 Å². The maximum Gasteiger partial charge on any atom is 0.335 e. The van der Waals surface area contributed by atoms with Gasteiger partial charge in [-0.25, -0.2) is 9.78 Å². The van der Waals surface area contributed by atoms with Gasteiger partial charge in [0.1, 0.15) is 11.6 Å². The molecule has 0 radical (unpaired) electrons. The summed E-state index contributed by atoms with van der Waals surface area (Å²) in [6.07, 6.45) is 6.32. The van der Waals surface area contributed by atoms with Crippen LogP contribution >= 0.6 is 11.3 Å². The summed E-state index contributed by atoms with van der Waals surface area (Å²) in [4.78, 5) is 43.7. The Hall–Kier alpha value is -3.00. The van der Waals surface area contributed by atoms with Crippen LogP contribution in [0.3, 0.4) is 0 Å². The van der Waals surface area contributed by atoms with Crippen molar-refractivity contribution in [2.24, 2.45) is 0 Å². The number of hydrogen-bond acceptors (Lipinski definition) is 5. The molecule has 0 bridgehead atoms. The van der Waals surface area contributed by atoms with Crippen molar-refractivity contribution in [2.75, 3.05) is 22.9 Å². The lowest BCUT2D eigenvalue weighted by molar-refractivity contribution is -0.120. The fourth-order valence-corrected chi connectivity index (χ4v) is 3.38. The minimum absolute atomic E-state index is 0.0697. The highest BCUT2D eigenvalue weighted by molar-refractivity contribution is 7.10. The van der Waals surface area contributed by atoms with Gasteiger partial charge in [-0.3, -0.25) is 14.5 Å². The van der Waals surface area contributed by atoms with E-state index in [1.54, 1.807) is 28.6 Å². The maximum atomic E-state index is 12.7. The molecule has 0 atom stereocenters. The van der Waals surface area contributed by atoms with Crippen molar-refractivity contribution in [1.29, 1.82) is 0 Å². The van der Waals surface area contributed by atoms with Crippen molar-refractivity contribution in [1.82, 2.24) is 4.98 Å². The predicted octanol–water partition coefficient (Wildman–Crippen LogP) is 3.03. The lowest BCUT2D eigenvalue weighted by Crippen LogP contribution is -2.48. The molecule has 140 valence electrons. The van der Waals surface area contributed by atoms with Gasteiger partial charge in [-0.15, -0.1) is 11.3 Å². The number of aromatic nitrogens is 1. The Morgan fingerprint density at radius 1 is 1.33 bits per heavy atom. The van der Waals surface area contributed by atoms with E-state index in [4.69, 9.17) is 0 Å². The minimum atomic E-state index is -1.08. The van der Waals surface area contributed by atoms with Crippen LogP contribution in [0.2, 0.25) is 0 Å². The van der Waals surface area contributed by atoms with Gasteiger partial charge in [0, 0.05) is 24.2 Å². The average molecular weight is 385 g/mol. The SMILES string of the molecule is CCCCN1C(=O)CN(C(=O)/C=C/c2nccs2)c2cc(C(=O)O)ccc21. The van der Waals surface area contributed by atoms with Crippen molar-refractivity contribution in [3.63, 3.8) is 0 Å². The van der Waals surface area contributed by atoms with Crippen LogP contribution < -0.4 is 9.80 Å². The number of fused-ring (bicyclic) bond motifs is 1. The molecule has 2 amide bonds. The molecule has 3 rings (SSSR count). The maximum absolute atomic E-state index is 12.7. The number of carbonyl (C=O) groups is 3. The Kier molecular flexibility index (Phi) is 5.66. The van der Waals surface area contributed by atoms with Crippen LogP contribution in [0.15, 0.2) is 35.9 Å². The summed E-state index contributed by atoms with van der Waals surface area (Å²) in [5.74, 6) is -1.66. The van der Waals surface area contributed by atoms with Gasteiger partial charge < -0.3 is 10.0 Å². The third-order valence-corrected chi connectivity index (χ3v) is 4.96. The molecular formula is C19H19N3O4S. The molecule has 0 spiro atoms. The number of carbonyl (C=O) groups excluding carboxylic acids is 2. The number of aromatic carboxylic acids is 1. The molecule has 1 aromatic carbocycles. The van der Waals surface area contributed by atoms with Gasteiger partial charge in [0.05, 0.1) is 16.9 Å². The fourth-order valence-electron chi connectivity index (χ4n) is 2.85. The number of amides is 2. The lowest BCUT2D eigenvalue weighted by atomic mass is 10.1. The molecule has 7 nitrogen and oxygen atoms in total. The van der Waals surface area contributed by atoms with Crippen LogP contribution in [0.1, 0.15) is 35.1 Å². The summed E-state index contributed by atoms with van der Waals surface area (Å²) in [6.45, 7) is 2.44. The molecule has 27 heavy (non-hydrogen) atoms. The highest BCUT2D eigenvalue weighted by Gasteiger charge is 2.32. The van der Waals surface area contributed by atoms with Gasteiger partial charge in [0.25, 0.3) is 5.91 Å². The number of benzene rings is 1. The molecule has 0 fully saturated rings. The van der Waals surface area contributed by atoms with Gasteiger partial charge in [-0.05, 0) is 30.7 Å². The number of carboxylic acid groups (broad SMARTS) is 1. The van der Waals surface area contributed by atoms with Crippen LogP contribution in [0.25, 0.3) is 6.08 Å². The van der Waals surface area contributed by atoms with Crippen molar-refractivity contribution in [3.05, 3.63) is 46.4 Å². The van der Waals surface area contributed by atoms with Crippen LogP contribution in [0, 0.1) is 0 Å². The van der Waals surface area contributed by atoms with E-state index in [9.17, 15) is 19.5 Å².